The number of fused-ring (bicyclic) bond motifs is 1. The van der Waals surface area contributed by atoms with E-state index in [1.54, 1.807) is 0 Å². The van der Waals surface area contributed by atoms with Gasteiger partial charge in [-0.3, -0.25) is 5.10 Å². The first-order chi connectivity index (χ1) is 6.27. The molecule has 0 saturated carbocycles. The minimum atomic E-state index is 0.808. The molecule has 0 fully saturated rings. The quantitative estimate of drug-likeness (QED) is 0.672. The number of hydrogen-bond donors (Lipinski definition) is 1. The Morgan fingerprint density at radius 2 is 1.85 bits per heavy atom. The summed E-state index contributed by atoms with van der Waals surface area (Å²) < 4.78 is 0. The molecule has 0 spiro atoms. The van der Waals surface area contributed by atoms with E-state index in [1.807, 2.05) is 39.8 Å². The summed E-state index contributed by atoms with van der Waals surface area (Å²) in [5.41, 5.74) is 2.89. The van der Waals surface area contributed by atoms with Crippen LogP contribution < -0.4 is 0 Å². The van der Waals surface area contributed by atoms with Gasteiger partial charge < -0.3 is 0 Å². The summed E-state index contributed by atoms with van der Waals surface area (Å²) in [5.74, 6) is 0. The monoisotopic (exact) mass is 177 g/mol. The third kappa shape index (κ3) is 1.86. The van der Waals surface area contributed by atoms with E-state index >= 15 is 0 Å². The van der Waals surface area contributed by atoms with Gasteiger partial charge in [0.25, 0.3) is 0 Å². The Bertz CT molecular complexity index is 390. The first-order valence-electron chi connectivity index (χ1n) is 4.56. The van der Waals surface area contributed by atoms with Crippen LogP contribution in [0.15, 0.2) is 12.1 Å². The second-order valence-corrected chi connectivity index (χ2v) is 2.67. The molecule has 0 amide bonds. The van der Waals surface area contributed by atoms with Gasteiger partial charge in [-0.2, -0.15) is 5.10 Å². The lowest BCUT2D eigenvalue weighted by Gasteiger charge is -1.89. The minimum absolute atomic E-state index is 0.808. The first kappa shape index (κ1) is 9.71. The average Bonchev–Trinajstić information content (AvgIpc) is 2.51. The lowest BCUT2D eigenvalue weighted by Crippen LogP contribution is -1.80. The Kier molecular flexibility index (Phi) is 3.01. The zero-order valence-electron chi connectivity index (χ0n) is 8.55. The van der Waals surface area contributed by atoms with Gasteiger partial charge in [0.05, 0.1) is 0 Å². The number of H-pyrrole nitrogens is 1. The molecule has 2 aromatic rings. The fourth-order valence-corrected chi connectivity index (χ4v) is 1.12. The topological polar surface area (TPSA) is 41.6 Å². The average molecular weight is 177 g/mol. The van der Waals surface area contributed by atoms with Crippen LogP contribution >= 0.6 is 0 Å². The van der Waals surface area contributed by atoms with Gasteiger partial charge >= 0.3 is 0 Å². The highest BCUT2D eigenvalue weighted by molar-refractivity contribution is 5.77. The van der Waals surface area contributed by atoms with Crippen LogP contribution in [-0.4, -0.2) is 15.2 Å². The molecule has 3 heteroatoms. The van der Waals surface area contributed by atoms with Crippen molar-refractivity contribution in [2.45, 2.75) is 27.7 Å². The molecule has 3 nitrogen and oxygen atoms in total. The highest BCUT2D eigenvalue weighted by Gasteiger charge is 2.00. The van der Waals surface area contributed by atoms with E-state index in [9.17, 15) is 0 Å². The lowest BCUT2D eigenvalue weighted by atomic mass is 10.2. The molecule has 1 N–H and O–H groups in total. The van der Waals surface area contributed by atoms with Crippen LogP contribution in [0.5, 0.6) is 0 Å². The molecule has 13 heavy (non-hydrogen) atoms. The fraction of sp³-hybridized carbons (Fsp3) is 0.400. The van der Waals surface area contributed by atoms with Gasteiger partial charge in [0.2, 0.25) is 0 Å². The molecular weight excluding hydrogens is 162 g/mol. The van der Waals surface area contributed by atoms with E-state index in [0.717, 1.165) is 22.4 Å². The van der Waals surface area contributed by atoms with Crippen molar-refractivity contribution in [2.75, 3.05) is 0 Å². The molecule has 2 heterocycles. The van der Waals surface area contributed by atoms with Gasteiger partial charge in [0, 0.05) is 16.8 Å². The zero-order chi connectivity index (χ0) is 9.84. The third-order valence-corrected chi connectivity index (χ3v) is 1.75. The lowest BCUT2D eigenvalue weighted by molar-refractivity contribution is 1.05. The van der Waals surface area contributed by atoms with Crippen LogP contribution in [0.2, 0.25) is 0 Å². The highest BCUT2D eigenvalue weighted by Crippen LogP contribution is 2.12. The molecule has 0 radical (unpaired) electrons. The van der Waals surface area contributed by atoms with Gasteiger partial charge in [0.1, 0.15) is 0 Å². The summed E-state index contributed by atoms with van der Waals surface area (Å²) in [6.07, 6.45) is 0. The Morgan fingerprint density at radius 3 is 2.54 bits per heavy atom. The van der Waals surface area contributed by atoms with Crippen LogP contribution in [0.4, 0.5) is 0 Å². The van der Waals surface area contributed by atoms with Crippen LogP contribution in [0, 0.1) is 13.8 Å². The zero-order valence-corrected chi connectivity index (χ0v) is 8.55. The molecule has 0 bridgehead atoms. The van der Waals surface area contributed by atoms with E-state index in [-0.39, 0.29) is 0 Å². The molecule has 0 atom stereocenters. The SMILES string of the molecule is CC.Cc1ccc2c(C)[nH]nc2n1. The van der Waals surface area contributed by atoms with Crippen LogP contribution in [-0.2, 0) is 0 Å². The maximum absolute atomic E-state index is 4.25. The van der Waals surface area contributed by atoms with Gasteiger partial charge in [-0.25, -0.2) is 4.98 Å². The van der Waals surface area contributed by atoms with E-state index in [1.165, 1.54) is 0 Å². The van der Waals surface area contributed by atoms with Crippen LogP contribution in [0.1, 0.15) is 25.2 Å². The van der Waals surface area contributed by atoms with Crippen molar-refractivity contribution in [1.29, 1.82) is 0 Å². The van der Waals surface area contributed by atoms with Crippen molar-refractivity contribution >= 4 is 11.0 Å². The summed E-state index contributed by atoms with van der Waals surface area (Å²) in [6.45, 7) is 7.95. The Labute approximate surface area is 78.2 Å². The Balaban J connectivity index is 0.000000396. The number of hydrogen-bond acceptors (Lipinski definition) is 2. The number of nitrogens with zero attached hydrogens (tertiary/aromatic N) is 2. The number of pyridine rings is 1. The number of aromatic nitrogens is 3. The van der Waals surface area contributed by atoms with E-state index in [4.69, 9.17) is 0 Å². The van der Waals surface area contributed by atoms with Crippen LogP contribution in [0.25, 0.3) is 11.0 Å². The maximum atomic E-state index is 4.25. The molecule has 0 aliphatic rings. The predicted octanol–water partition coefficient (Wildman–Crippen LogP) is 2.60. The summed E-state index contributed by atoms with van der Waals surface area (Å²) in [7, 11) is 0. The predicted molar refractivity (Wildman–Crippen MR) is 54.7 cm³/mol. The number of rotatable bonds is 0. The van der Waals surface area contributed by atoms with Gasteiger partial charge in [0.15, 0.2) is 5.65 Å². The Morgan fingerprint density at radius 1 is 1.15 bits per heavy atom. The van der Waals surface area contributed by atoms with E-state index < -0.39 is 0 Å². The number of nitrogens with one attached hydrogen (secondary N) is 1. The fourth-order valence-electron chi connectivity index (χ4n) is 1.12. The van der Waals surface area contributed by atoms with Gasteiger partial charge in [-0.05, 0) is 26.0 Å². The standard InChI is InChI=1S/C8H9N3.C2H6/c1-5-3-4-7-6(2)10-11-8(7)9-5;1-2/h3-4H,1-2H3,(H,9,10,11);1-2H3. The normalized spacial score (nSPS) is 9.54. The van der Waals surface area contributed by atoms with Crippen molar-refractivity contribution in [2.24, 2.45) is 0 Å². The summed E-state index contributed by atoms with van der Waals surface area (Å²) in [5, 5.41) is 8.04. The molecule has 0 aliphatic heterocycles. The van der Waals surface area contributed by atoms with Crippen molar-refractivity contribution < 1.29 is 0 Å². The molecule has 0 saturated heterocycles. The molecular formula is C10H15N3. The van der Waals surface area contributed by atoms with E-state index in [0.29, 0.717) is 0 Å². The minimum Gasteiger partial charge on any atom is -0.280 e. The molecule has 0 aliphatic carbocycles. The molecule has 0 unspecified atom stereocenters. The molecule has 70 valence electrons. The Hall–Kier alpha value is -1.38. The van der Waals surface area contributed by atoms with Gasteiger partial charge in [-0.1, -0.05) is 13.8 Å². The largest absolute Gasteiger partial charge is 0.280 e. The van der Waals surface area contributed by atoms with Crippen LogP contribution in [0.3, 0.4) is 0 Å². The summed E-state index contributed by atoms with van der Waals surface area (Å²) in [6, 6.07) is 4.03. The van der Waals surface area contributed by atoms with Crippen molar-refractivity contribution in [3.05, 3.63) is 23.5 Å². The van der Waals surface area contributed by atoms with Crippen molar-refractivity contribution in [1.82, 2.24) is 15.2 Å². The first-order valence-corrected chi connectivity index (χ1v) is 4.56. The van der Waals surface area contributed by atoms with Crippen molar-refractivity contribution in [3.8, 4) is 0 Å². The van der Waals surface area contributed by atoms with Crippen molar-refractivity contribution in [3.63, 3.8) is 0 Å². The summed E-state index contributed by atoms with van der Waals surface area (Å²) >= 11 is 0. The smallest absolute Gasteiger partial charge is 0.181 e. The second-order valence-electron chi connectivity index (χ2n) is 2.67. The highest BCUT2D eigenvalue weighted by atomic mass is 15.1. The molecule has 0 aromatic carbocycles. The second kappa shape index (κ2) is 4.03. The molecule has 2 rings (SSSR count). The molecule has 2 aromatic heterocycles. The maximum Gasteiger partial charge on any atom is 0.181 e. The van der Waals surface area contributed by atoms with Gasteiger partial charge in [-0.15, -0.1) is 0 Å². The third-order valence-electron chi connectivity index (χ3n) is 1.75. The number of aryl methyl sites for hydroxylation is 2. The van der Waals surface area contributed by atoms with E-state index in [2.05, 4.69) is 15.2 Å². The summed E-state index contributed by atoms with van der Waals surface area (Å²) in [4.78, 5) is 4.25. The number of aromatic amines is 1.